The minimum atomic E-state index is -3.48. The molecule has 0 unspecified atom stereocenters. The van der Waals surface area contributed by atoms with Gasteiger partial charge in [0.25, 0.3) is 0 Å². The Bertz CT molecular complexity index is 1090. The minimum absolute atomic E-state index is 0.0922. The van der Waals surface area contributed by atoms with Gasteiger partial charge in [-0.15, -0.1) is 0 Å². The Morgan fingerprint density at radius 1 is 0.943 bits per heavy atom. The highest BCUT2D eigenvalue weighted by atomic mass is 32.2. The van der Waals surface area contributed by atoms with Gasteiger partial charge in [-0.3, -0.25) is 9.69 Å². The van der Waals surface area contributed by atoms with Crippen molar-refractivity contribution in [2.75, 3.05) is 52.9 Å². The molecule has 0 radical (unpaired) electrons. The number of nitrogens with zero attached hydrogens (tertiary/aromatic N) is 3. The molecule has 7 nitrogen and oxygen atoms in total. The predicted octanol–water partition coefficient (Wildman–Crippen LogP) is 3.09. The van der Waals surface area contributed by atoms with Gasteiger partial charge < -0.3 is 9.64 Å². The zero-order chi connectivity index (χ0) is 24.7. The van der Waals surface area contributed by atoms with Gasteiger partial charge in [0, 0.05) is 57.1 Å². The average Bonchev–Trinajstić information content (AvgIpc) is 2.91. The summed E-state index contributed by atoms with van der Waals surface area (Å²) < 4.78 is 32.1. The zero-order valence-corrected chi connectivity index (χ0v) is 21.2. The van der Waals surface area contributed by atoms with Crippen molar-refractivity contribution in [2.24, 2.45) is 5.92 Å². The Labute approximate surface area is 209 Å². The molecule has 2 heterocycles. The van der Waals surface area contributed by atoms with Gasteiger partial charge >= 0.3 is 0 Å². The van der Waals surface area contributed by atoms with Crippen LogP contribution in [0.25, 0.3) is 6.08 Å². The molecule has 0 aliphatic carbocycles. The minimum Gasteiger partial charge on any atom is -0.497 e. The molecule has 2 aromatic carbocycles. The van der Waals surface area contributed by atoms with Crippen molar-refractivity contribution in [3.05, 3.63) is 71.1 Å². The normalized spacial score (nSPS) is 18.7. The molecule has 188 valence electrons. The number of carbonyl (C=O) groups is 1. The maximum absolute atomic E-state index is 13.1. The van der Waals surface area contributed by atoms with Gasteiger partial charge in [-0.1, -0.05) is 42.5 Å². The first-order valence-electron chi connectivity index (χ1n) is 12.3. The second kappa shape index (κ2) is 11.8. The van der Waals surface area contributed by atoms with Crippen LogP contribution in [0.4, 0.5) is 0 Å². The number of carbonyl (C=O) groups excluding carboxylic acids is 1. The van der Waals surface area contributed by atoms with E-state index in [0.29, 0.717) is 25.9 Å². The first kappa shape index (κ1) is 25.4. The molecule has 2 aliphatic heterocycles. The molecule has 0 spiro atoms. The molecule has 1 amide bonds. The molecule has 2 aliphatic rings. The van der Waals surface area contributed by atoms with Gasteiger partial charge in [0.05, 0.1) is 7.11 Å². The Morgan fingerprint density at radius 3 is 2.23 bits per heavy atom. The van der Waals surface area contributed by atoms with Crippen molar-refractivity contribution in [1.29, 1.82) is 0 Å². The number of amides is 1. The van der Waals surface area contributed by atoms with Crippen molar-refractivity contribution in [3.63, 3.8) is 0 Å². The maximum atomic E-state index is 13.1. The van der Waals surface area contributed by atoms with E-state index in [-0.39, 0.29) is 11.8 Å². The van der Waals surface area contributed by atoms with Crippen LogP contribution in [0.15, 0.2) is 60.0 Å². The Hall–Kier alpha value is -2.68. The van der Waals surface area contributed by atoms with Crippen LogP contribution in [0.2, 0.25) is 0 Å². The number of piperidine rings is 1. The number of methoxy groups -OCH3 is 1. The van der Waals surface area contributed by atoms with Crippen LogP contribution in [0.3, 0.4) is 0 Å². The molecular formula is C27H35N3O4S. The van der Waals surface area contributed by atoms with Crippen LogP contribution in [0.5, 0.6) is 5.75 Å². The maximum Gasteiger partial charge on any atom is 0.236 e. The van der Waals surface area contributed by atoms with Gasteiger partial charge in [0.2, 0.25) is 15.9 Å². The second-order valence-electron chi connectivity index (χ2n) is 9.20. The first-order chi connectivity index (χ1) is 16.9. The second-order valence-corrected chi connectivity index (χ2v) is 11.0. The molecule has 35 heavy (non-hydrogen) atoms. The van der Waals surface area contributed by atoms with E-state index in [9.17, 15) is 13.2 Å². The fourth-order valence-corrected chi connectivity index (χ4v) is 5.92. The number of sulfonamides is 1. The van der Waals surface area contributed by atoms with Crippen molar-refractivity contribution >= 4 is 22.0 Å². The molecule has 0 saturated carbocycles. The third-order valence-corrected chi connectivity index (χ3v) is 8.52. The summed E-state index contributed by atoms with van der Waals surface area (Å²) >= 11 is 0. The SMILES string of the molecule is COc1ccc(CCN2CCN(C(=O)C3CCN(S(=O)(=O)/C=C/c4ccccc4)CC3)CC2)cc1. The zero-order valence-electron chi connectivity index (χ0n) is 20.4. The highest BCUT2D eigenvalue weighted by Crippen LogP contribution is 2.23. The standard InChI is InChI=1S/C27H35N3O4S/c1-34-26-9-7-24(8-10-26)11-15-28-18-20-29(21-19-28)27(31)25-12-16-30(17-13-25)35(32,33)22-14-23-5-3-2-4-6-23/h2-10,14,22,25H,11-13,15-21H2,1H3/b22-14+. The van der Waals surface area contributed by atoms with Gasteiger partial charge in [0.15, 0.2) is 0 Å². The Morgan fingerprint density at radius 2 is 1.60 bits per heavy atom. The third-order valence-electron chi connectivity index (χ3n) is 6.95. The lowest BCUT2D eigenvalue weighted by molar-refractivity contribution is -0.138. The van der Waals surface area contributed by atoms with E-state index in [0.717, 1.165) is 50.5 Å². The summed E-state index contributed by atoms with van der Waals surface area (Å²) in [5.41, 5.74) is 2.13. The molecule has 0 aromatic heterocycles. The van der Waals surface area contributed by atoms with Gasteiger partial charge in [-0.25, -0.2) is 8.42 Å². The fourth-order valence-electron chi connectivity index (χ4n) is 4.70. The summed E-state index contributed by atoms with van der Waals surface area (Å²) in [6.45, 7) is 4.97. The molecule has 0 N–H and O–H groups in total. The summed E-state index contributed by atoms with van der Waals surface area (Å²) in [5, 5.41) is 1.27. The van der Waals surface area contributed by atoms with Crippen LogP contribution in [0, 0.1) is 5.92 Å². The molecular weight excluding hydrogens is 462 g/mol. The average molecular weight is 498 g/mol. The van der Waals surface area contributed by atoms with E-state index in [1.165, 1.54) is 15.3 Å². The van der Waals surface area contributed by atoms with E-state index < -0.39 is 10.0 Å². The third kappa shape index (κ3) is 6.93. The quantitative estimate of drug-likeness (QED) is 0.561. The van der Waals surface area contributed by atoms with E-state index in [1.807, 2.05) is 47.4 Å². The molecule has 4 rings (SSSR count). The number of hydrogen-bond acceptors (Lipinski definition) is 5. The van der Waals surface area contributed by atoms with E-state index in [4.69, 9.17) is 4.74 Å². The number of ether oxygens (including phenoxy) is 1. The fraction of sp³-hybridized carbons (Fsp3) is 0.444. The summed E-state index contributed by atoms with van der Waals surface area (Å²) in [7, 11) is -1.81. The topological polar surface area (TPSA) is 70.2 Å². The number of piperazine rings is 1. The van der Waals surface area contributed by atoms with E-state index in [2.05, 4.69) is 17.0 Å². The summed E-state index contributed by atoms with van der Waals surface area (Å²) in [6, 6.07) is 17.6. The van der Waals surface area contributed by atoms with Crippen LogP contribution >= 0.6 is 0 Å². The lowest BCUT2D eigenvalue weighted by atomic mass is 9.96. The van der Waals surface area contributed by atoms with Gasteiger partial charge in [-0.2, -0.15) is 4.31 Å². The smallest absolute Gasteiger partial charge is 0.236 e. The predicted molar refractivity (Wildman–Crippen MR) is 138 cm³/mol. The van der Waals surface area contributed by atoms with Gasteiger partial charge in [-0.05, 0) is 48.6 Å². The molecule has 0 bridgehead atoms. The van der Waals surface area contributed by atoms with Crippen molar-refractivity contribution in [1.82, 2.24) is 14.1 Å². The first-order valence-corrected chi connectivity index (χ1v) is 13.8. The largest absolute Gasteiger partial charge is 0.497 e. The highest BCUT2D eigenvalue weighted by Gasteiger charge is 2.33. The van der Waals surface area contributed by atoms with Crippen molar-refractivity contribution < 1.29 is 17.9 Å². The van der Waals surface area contributed by atoms with Crippen LogP contribution < -0.4 is 4.74 Å². The monoisotopic (exact) mass is 497 g/mol. The van der Waals surface area contributed by atoms with Crippen molar-refractivity contribution in [3.8, 4) is 5.75 Å². The molecule has 2 aromatic rings. The lowest BCUT2D eigenvalue weighted by Gasteiger charge is -2.38. The number of hydrogen-bond donors (Lipinski definition) is 0. The van der Waals surface area contributed by atoms with E-state index >= 15 is 0 Å². The summed E-state index contributed by atoms with van der Waals surface area (Å²) in [6.07, 6.45) is 3.76. The molecule has 2 fully saturated rings. The van der Waals surface area contributed by atoms with E-state index in [1.54, 1.807) is 13.2 Å². The summed E-state index contributed by atoms with van der Waals surface area (Å²) in [5.74, 6) is 0.954. The number of rotatable bonds is 8. The van der Waals surface area contributed by atoms with Crippen LogP contribution in [-0.4, -0.2) is 81.4 Å². The Balaban J connectivity index is 1.20. The lowest BCUT2D eigenvalue weighted by Crippen LogP contribution is -2.52. The van der Waals surface area contributed by atoms with Crippen molar-refractivity contribution in [2.45, 2.75) is 19.3 Å². The Kier molecular flexibility index (Phi) is 8.59. The highest BCUT2D eigenvalue weighted by molar-refractivity contribution is 7.92. The molecule has 8 heteroatoms. The van der Waals surface area contributed by atoms with Gasteiger partial charge in [0.1, 0.15) is 5.75 Å². The number of benzene rings is 2. The summed E-state index contributed by atoms with van der Waals surface area (Å²) in [4.78, 5) is 17.5. The molecule has 2 saturated heterocycles. The van der Waals surface area contributed by atoms with Crippen LogP contribution in [0.1, 0.15) is 24.0 Å². The molecule has 0 atom stereocenters. The van der Waals surface area contributed by atoms with Crippen LogP contribution in [-0.2, 0) is 21.2 Å².